The van der Waals surface area contributed by atoms with Gasteiger partial charge in [0.15, 0.2) is 0 Å². The predicted octanol–water partition coefficient (Wildman–Crippen LogP) is 25.4. The summed E-state index contributed by atoms with van der Waals surface area (Å²) in [5.41, 5.74) is 0. The van der Waals surface area contributed by atoms with Gasteiger partial charge in [-0.1, -0.05) is 371 Å². The number of hydrogen-bond acceptors (Lipinski definition) is 5. The Balaban J connectivity index is 3.37. The van der Waals surface area contributed by atoms with Crippen molar-refractivity contribution in [3.63, 3.8) is 0 Å². The van der Waals surface area contributed by atoms with Crippen LogP contribution < -0.4 is 5.32 Å². The summed E-state index contributed by atoms with van der Waals surface area (Å²) in [7, 11) is 0. The highest BCUT2D eigenvalue weighted by Crippen LogP contribution is 2.19. The van der Waals surface area contributed by atoms with Crippen LogP contribution in [0.3, 0.4) is 0 Å². The molecule has 3 N–H and O–H groups in total. The quantitative estimate of drug-likeness (QED) is 0.0320. The number of unbranched alkanes of at least 4 members (excludes halogenated alkanes) is 56. The lowest BCUT2D eigenvalue weighted by Gasteiger charge is -2.22. The number of carbonyl (C=O) groups is 2. The van der Waals surface area contributed by atoms with Crippen LogP contribution in [-0.2, 0) is 14.3 Å². The molecule has 2 unspecified atom stereocenters. The number of rotatable bonds is 73. The Hall–Kier alpha value is -1.92. The van der Waals surface area contributed by atoms with Crippen LogP contribution in [0, 0.1) is 0 Å². The van der Waals surface area contributed by atoms with Gasteiger partial charge in [-0.05, 0) is 83.5 Å². The Labute approximate surface area is 532 Å². The van der Waals surface area contributed by atoms with E-state index in [1.807, 2.05) is 0 Å². The Morgan fingerprint density at radius 1 is 0.329 bits per heavy atom. The maximum absolute atomic E-state index is 12.6. The minimum Gasteiger partial charge on any atom is -0.466 e. The molecule has 85 heavy (non-hydrogen) atoms. The van der Waals surface area contributed by atoms with Crippen molar-refractivity contribution in [3.05, 3.63) is 36.5 Å². The Morgan fingerprint density at radius 3 is 0.929 bits per heavy atom. The van der Waals surface area contributed by atoms with Crippen LogP contribution in [0.2, 0.25) is 0 Å². The lowest BCUT2D eigenvalue weighted by Crippen LogP contribution is -2.45. The number of ether oxygens (including phenoxy) is 1. The molecule has 0 saturated carbocycles. The third-order valence-corrected chi connectivity index (χ3v) is 18.2. The van der Waals surface area contributed by atoms with Crippen molar-refractivity contribution >= 4 is 11.9 Å². The molecule has 0 spiro atoms. The zero-order valence-electron chi connectivity index (χ0n) is 57.6. The van der Waals surface area contributed by atoms with Gasteiger partial charge >= 0.3 is 5.97 Å². The van der Waals surface area contributed by atoms with Crippen molar-refractivity contribution < 1.29 is 24.5 Å². The fraction of sp³-hybridized carbons (Fsp3) is 0.899. The molecule has 6 nitrogen and oxygen atoms in total. The molecule has 0 saturated heterocycles. The molecule has 2 atom stereocenters. The first-order valence-electron chi connectivity index (χ1n) is 38.7. The molecule has 0 bridgehead atoms. The molecule has 0 aliphatic rings. The molecule has 502 valence electrons. The monoisotopic (exact) mass is 1190 g/mol. The fourth-order valence-corrected chi connectivity index (χ4v) is 12.3. The van der Waals surface area contributed by atoms with E-state index in [1.54, 1.807) is 0 Å². The lowest BCUT2D eigenvalue weighted by atomic mass is 10.0. The number of amides is 1. The van der Waals surface area contributed by atoms with Crippen LogP contribution in [0.25, 0.3) is 0 Å². The first-order valence-corrected chi connectivity index (χ1v) is 38.7. The molecule has 0 heterocycles. The SMILES string of the molecule is CCCCC/C=C\C/C=C\CCCCCCCCCC(=O)OCCCCCCCCCCCCCC/C=C\CCCCCCCCCCCCCCCC(=O)NC(CO)C(O)CCCCCCCCCCCCCCCCCCCCCCCC. The minimum atomic E-state index is -0.665. The molecule has 0 aromatic carbocycles. The smallest absolute Gasteiger partial charge is 0.305 e. The molecular weight excluding hydrogens is 1040 g/mol. The van der Waals surface area contributed by atoms with Gasteiger partial charge in [0.25, 0.3) is 0 Å². The van der Waals surface area contributed by atoms with Gasteiger partial charge in [0.05, 0.1) is 25.4 Å². The van der Waals surface area contributed by atoms with Gasteiger partial charge in [-0.25, -0.2) is 0 Å². The van der Waals surface area contributed by atoms with Gasteiger partial charge in [-0.3, -0.25) is 9.59 Å². The van der Waals surface area contributed by atoms with Gasteiger partial charge in [-0.2, -0.15) is 0 Å². The van der Waals surface area contributed by atoms with Crippen LogP contribution in [0.1, 0.15) is 431 Å². The van der Waals surface area contributed by atoms with E-state index in [9.17, 15) is 19.8 Å². The van der Waals surface area contributed by atoms with Crippen molar-refractivity contribution in [3.8, 4) is 0 Å². The van der Waals surface area contributed by atoms with E-state index in [1.165, 1.54) is 347 Å². The van der Waals surface area contributed by atoms with Gasteiger partial charge in [0.1, 0.15) is 0 Å². The summed E-state index contributed by atoms with van der Waals surface area (Å²) >= 11 is 0. The number of carbonyl (C=O) groups excluding carboxylic acids is 2. The molecule has 0 aromatic heterocycles. The highest BCUT2D eigenvalue weighted by Gasteiger charge is 2.20. The second-order valence-corrected chi connectivity index (χ2v) is 26.7. The van der Waals surface area contributed by atoms with Crippen LogP contribution in [-0.4, -0.2) is 47.4 Å². The number of aliphatic hydroxyl groups excluding tert-OH is 2. The van der Waals surface area contributed by atoms with Gasteiger partial charge < -0.3 is 20.3 Å². The first kappa shape index (κ1) is 83.1. The van der Waals surface area contributed by atoms with E-state index in [2.05, 4.69) is 55.6 Å². The van der Waals surface area contributed by atoms with Crippen LogP contribution in [0.4, 0.5) is 0 Å². The second kappa shape index (κ2) is 74.5. The highest BCUT2D eigenvalue weighted by atomic mass is 16.5. The Morgan fingerprint density at radius 2 is 0.588 bits per heavy atom. The van der Waals surface area contributed by atoms with Gasteiger partial charge in [-0.15, -0.1) is 0 Å². The number of hydrogen-bond donors (Lipinski definition) is 3. The van der Waals surface area contributed by atoms with Crippen molar-refractivity contribution in [1.82, 2.24) is 5.32 Å². The van der Waals surface area contributed by atoms with Crippen molar-refractivity contribution in [2.45, 2.75) is 443 Å². The van der Waals surface area contributed by atoms with E-state index in [0.29, 0.717) is 25.9 Å². The van der Waals surface area contributed by atoms with Gasteiger partial charge in [0, 0.05) is 12.8 Å². The lowest BCUT2D eigenvalue weighted by molar-refractivity contribution is -0.143. The summed E-state index contributed by atoms with van der Waals surface area (Å²) in [6.45, 7) is 4.97. The number of allylic oxidation sites excluding steroid dienone is 6. The summed E-state index contributed by atoms with van der Waals surface area (Å²) in [4.78, 5) is 24.7. The molecule has 0 rings (SSSR count). The maximum Gasteiger partial charge on any atom is 0.305 e. The van der Waals surface area contributed by atoms with E-state index >= 15 is 0 Å². The molecule has 0 radical (unpaired) electrons. The van der Waals surface area contributed by atoms with Gasteiger partial charge in [0.2, 0.25) is 5.91 Å². The molecule has 0 aliphatic carbocycles. The van der Waals surface area contributed by atoms with Crippen molar-refractivity contribution in [2.24, 2.45) is 0 Å². The van der Waals surface area contributed by atoms with Crippen molar-refractivity contribution in [2.75, 3.05) is 13.2 Å². The maximum atomic E-state index is 12.6. The van der Waals surface area contributed by atoms with Crippen LogP contribution in [0.5, 0.6) is 0 Å². The Kier molecular flexibility index (Phi) is 72.9. The highest BCUT2D eigenvalue weighted by molar-refractivity contribution is 5.76. The summed E-state index contributed by atoms with van der Waals surface area (Å²) in [6, 6.07) is -0.542. The summed E-state index contributed by atoms with van der Waals surface area (Å²) < 4.78 is 5.50. The number of esters is 1. The topological polar surface area (TPSA) is 95.9 Å². The largest absolute Gasteiger partial charge is 0.466 e. The predicted molar refractivity (Wildman–Crippen MR) is 375 cm³/mol. The standard InChI is InChI=1S/C79H151NO5/c1-3-5-7-9-11-13-15-17-19-21-22-23-33-36-40-43-47-51-55-59-63-67-71-77(82)76(75-81)80-78(83)72-68-64-60-56-52-48-44-41-37-34-31-29-27-25-24-26-28-30-32-35-38-42-46-50-54-58-62-66-70-74-85-79(84)73-69-65-61-57-53-49-45-39-20-18-16-14-12-10-8-6-4-2/h12,14,18,20,24,26,76-77,81-82H,3-11,13,15-17,19,21-23,25,27-75H2,1-2H3,(H,80,83)/b14-12-,20-18-,26-24-. The summed E-state index contributed by atoms with van der Waals surface area (Å²) in [6.07, 6.45) is 96.5. The van der Waals surface area contributed by atoms with E-state index in [4.69, 9.17) is 4.74 Å². The fourth-order valence-electron chi connectivity index (χ4n) is 12.3. The third kappa shape index (κ3) is 71.0. The number of aliphatic hydroxyl groups is 2. The molecule has 0 aromatic rings. The zero-order chi connectivity index (χ0) is 61.3. The average molecular weight is 1200 g/mol. The summed E-state index contributed by atoms with van der Waals surface area (Å²) in [5, 5.41) is 23.5. The molecule has 1 amide bonds. The molecule has 0 fully saturated rings. The van der Waals surface area contributed by atoms with E-state index in [-0.39, 0.29) is 18.5 Å². The molecule has 0 aliphatic heterocycles. The molecular formula is C79H151NO5. The van der Waals surface area contributed by atoms with Crippen molar-refractivity contribution in [1.29, 1.82) is 0 Å². The van der Waals surface area contributed by atoms with E-state index in [0.717, 1.165) is 51.4 Å². The van der Waals surface area contributed by atoms with Crippen LogP contribution in [0.15, 0.2) is 36.5 Å². The normalized spacial score (nSPS) is 12.7. The van der Waals surface area contributed by atoms with Crippen LogP contribution >= 0.6 is 0 Å². The average Bonchev–Trinajstić information content (AvgIpc) is 3.51. The van der Waals surface area contributed by atoms with E-state index < -0.39 is 12.1 Å². The minimum absolute atomic E-state index is 0.00949. The zero-order valence-corrected chi connectivity index (χ0v) is 57.6. The summed E-state index contributed by atoms with van der Waals surface area (Å²) in [5.74, 6) is -0.0198. The number of nitrogens with one attached hydrogen (secondary N) is 1. The third-order valence-electron chi connectivity index (χ3n) is 18.2. The second-order valence-electron chi connectivity index (χ2n) is 26.7. The first-order chi connectivity index (χ1) is 42.0. The molecule has 6 heteroatoms. The Bertz CT molecular complexity index is 1380.